The van der Waals surface area contributed by atoms with Gasteiger partial charge in [0.25, 0.3) is 0 Å². The molecule has 9 heteroatoms. The molecule has 2 heterocycles. The molecule has 6 nitrogen and oxygen atoms in total. The third-order valence-corrected chi connectivity index (χ3v) is 3.29. The van der Waals surface area contributed by atoms with Gasteiger partial charge in [-0.3, -0.25) is 4.90 Å². The van der Waals surface area contributed by atoms with E-state index < -0.39 is 17.5 Å². The number of nitriles is 1. The standard InChI is InChI=1S/C11H15F3N6/c1-10(16,7-15)2-3-19-4-5-20-8(6-19)17-18-9(20)11(12,13)14/h2-6,16H2,1H3. The van der Waals surface area contributed by atoms with Crippen molar-refractivity contribution in [2.24, 2.45) is 5.73 Å². The molecule has 0 fully saturated rings. The first kappa shape index (κ1) is 14.7. The van der Waals surface area contributed by atoms with E-state index in [2.05, 4.69) is 10.2 Å². The predicted molar refractivity (Wildman–Crippen MR) is 63.1 cm³/mol. The molecule has 2 N–H and O–H groups in total. The van der Waals surface area contributed by atoms with Crippen LogP contribution in [0.5, 0.6) is 0 Å². The zero-order valence-electron chi connectivity index (χ0n) is 11.0. The number of hydrogen-bond acceptors (Lipinski definition) is 5. The second kappa shape index (κ2) is 5.03. The smallest absolute Gasteiger partial charge is 0.314 e. The number of alkyl halides is 3. The van der Waals surface area contributed by atoms with Crippen LogP contribution in [0.4, 0.5) is 13.2 Å². The first-order chi connectivity index (χ1) is 9.23. The van der Waals surface area contributed by atoms with Crippen LogP contribution in [-0.2, 0) is 19.3 Å². The minimum absolute atomic E-state index is 0.186. The minimum atomic E-state index is -4.48. The molecule has 0 aromatic carbocycles. The fraction of sp³-hybridized carbons (Fsp3) is 0.727. The summed E-state index contributed by atoms with van der Waals surface area (Å²) in [6.45, 7) is 3.08. The molecule has 20 heavy (non-hydrogen) atoms. The van der Waals surface area contributed by atoms with Gasteiger partial charge in [-0.1, -0.05) is 0 Å². The van der Waals surface area contributed by atoms with Crippen LogP contribution in [0.25, 0.3) is 0 Å². The molecular weight excluding hydrogens is 273 g/mol. The Morgan fingerprint density at radius 3 is 2.65 bits per heavy atom. The van der Waals surface area contributed by atoms with Crippen molar-refractivity contribution < 1.29 is 13.2 Å². The maximum absolute atomic E-state index is 12.7. The lowest BCUT2D eigenvalue weighted by Gasteiger charge is -2.29. The molecule has 1 unspecified atom stereocenters. The third kappa shape index (κ3) is 3.08. The third-order valence-electron chi connectivity index (χ3n) is 3.29. The molecule has 1 aromatic heterocycles. The zero-order valence-corrected chi connectivity index (χ0v) is 11.0. The highest BCUT2D eigenvalue weighted by Crippen LogP contribution is 2.29. The van der Waals surface area contributed by atoms with Gasteiger partial charge in [-0.2, -0.15) is 18.4 Å². The molecule has 1 atom stereocenters. The van der Waals surface area contributed by atoms with E-state index in [-0.39, 0.29) is 13.1 Å². The molecule has 0 bridgehead atoms. The van der Waals surface area contributed by atoms with Crippen molar-refractivity contribution in [1.29, 1.82) is 5.26 Å². The molecule has 0 radical (unpaired) electrons. The van der Waals surface area contributed by atoms with Gasteiger partial charge in [0.05, 0.1) is 12.6 Å². The highest BCUT2D eigenvalue weighted by Gasteiger charge is 2.39. The van der Waals surface area contributed by atoms with E-state index in [1.54, 1.807) is 6.92 Å². The van der Waals surface area contributed by atoms with Crippen LogP contribution >= 0.6 is 0 Å². The van der Waals surface area contributed by atoms with E-state index in [1.807, 2.05) is 11.0 Å². The summed E-state index contributed by atoms with van der Waals surface area (Å²) in [6, 6.07) is 1.99. The van der Waals surface area contributed by atoms with Crippen molar-refractivity contribution in [2.75, 3.05) is 13.1 Å². The first-order valence-corrected chi connectivity index (χ1v) is 6.15. The summed E-state index contributed by atoms with van der Waals surface area (Å²) in [5.41, 5.74) is 4.79. The summed E-state index contributed by atoms with van der Waals surface area (Å²) in [5, 5.41) is 15.6. The van der Waals surface area contributed by atoms with Gasteiger partial charge < -0.3 is 10.3 Å². The van der Waals surface area contributed by atoms with Gasteiger partial charge in [-0.15, -0.1) is 10.2 Å². The van der Waals surface area contributed by atoms with E-state index >= 15 is 0 Å². The van der Waals surface area contributed by atoms with Crippen molar-refractivity contribution in [3.05, 3.63) is 11.6 Å². The number of nitrogens with zero attached hydrogens (tertiary/aromatic N) is 5. The lowest BCUT2D eigenvalue weighted by molar-refractivity contribution is -0.148. The monoisotopic (exact) mass is 288 g/mol. The van der Waals surface area contributed by atoms with Gasteiger partial charge in [-0.05, 0) is 13.3 Å². The number of rotatable bonds is 3. The Kier molecular flexibility index (Phi) is 3.71. The molecule has 0 aliphatic carbocycles. The maximum atomic E-state index is 12.7. The van der Waals surface area contributed by atoms with Crippen molar-refractivity contribution >= 4 is 0 Å². The number of hydrogen-bond donors (Lipinski definition) is 1. The first-order valence-electron chi connectivity index (χ1n) is 6.15. The second-order valence-electron chi connectivity index (χ2n) is 5.14. The van der Waals surface area contributed by atoms with Crippen molar-refractivity contribution in [2.45, 2.75) is 38.1 Å². The van der Waals surface area contributed by atoms with Crippen molar-refractivity contribution in [3.63, 3.8) is 0 Å². The lowest BCUT2D eigenvalue weighted by atomic mass is 10.0. The van der Waals surface area contributed by atoms with E-state index in [9.17, 15) is 13.2 Å². The van der Waals surface area contributed by atoms with Crippen LogP contribution in [0.1, 0.15) is 25.0 Å². The van der Waals surface area contributed by atoms with Crippen molar-refractivity contribution in [3.8, 4) is 6.07 Å². The molecule has 110 valence electrons. The predicted octanol–water partition coefficient (Wildman–Crippen LogP) is 0.744. The van der Waals surface area contributed by atoms with Crippen LogP contribution in [0, 0.1) is 11.3 Å². The Balaban J connectivity index is 2.03. The van der Waals surface area contributed by atoms with Crippen LogP contribution in [0.2, 0.25) is 0 Å². The summed E-state index contributed by atoms with van der Waals surface area (Å²) < 4.78 is 39.1. The Morgan fingerprint density at radius 2 is 2.05 bits per heavy atom. The largest absolute Gasteiger partial charge is 0.451 e. The van der Waals surface area contributed by atoms with Gasteiger partial charge in [0.2, 0.25) is 5.82 Å². The normalized spacial score (nSPS) is 19.2. The molecule has 1 aliphatic heterocycles. The van der Waals surface area contributed by atoms with Gasteiger partial charge >= 0.3 is 6.18 Å². The van der Waals surface area contributed by atoms with E-state index in [0.29, 0.717) is 25.3 Å². The van der Waals surface area contributed by atoms with Gasteiger partial charge in [-0.25, -0.2) is 0 Å². The fourth-order valence-electron chi connectivity index (χ4n) is 2.05. The summed E-state index contributed by atoms with van der Waals surface area (Å²) in [5.74, 6) is -0.660. The quantitative estimate of drug-likeness (QED) is 0.887. The highest BCUT2D eigenvalue weighted by atomic mass is 19.4. The van der Waals surface area contributed by atoms with Crippen LogP contribution in [-0.4, -0.2) is 38.3 Å². The molecule has 1 aromatic rings. The van der Waals surface area contributed by atoms with Gasteiger partial charge in [0.15, 0.2) is 0 Å². The molecule has 0 amide bonds. The highest BCUT2D eigenvalue weighted by molar-refractivity contribution is 5.04. The van der Waals surface area contributed by atoms with E-state index in [1.165, 1.54) is 0 Å². The Bertz CT molecular complexity index is 527. The summed E-state index contributed by atoms with van der Waals surface area (Å²) in [4.78, 5) is 1.92. The molecular formula is C11H15F3N6. The van der Waals surface area contributed by atoms with E-state index in [0.717, 1.165) is 4.57 Å². The number of fused-ring (bicyclic) bond motifs is 1. The van der Waals surface area contributed by atoms with E-state index in [4.69, 9.17) is 11.0 Å². The van der Waals surface area contributed by atoms with Gasteiger partial charge in [0.1, 0.15) is 11.4 Å². The Labute approximate surface area is 114 Å². The summed E-state index contributed by atoms with van der Waals surface area (Å²) >= 11 is 0. The van der Waals surface area contributed by atoms with Crippen LogP contribution in [0.3, 0.4) is 0 Å². The van der Waals surface area contributed by atoms with Crippen LogP contribution in [0.15, 0.2) is 0 Å². The molecule has 1 aliphatic rings. The maximum Gasteiger partial charge on any atom is 0.451 e. The zero-order chi connectivity index (χ0) is 15.0. The average molecular weight is 288 g/mol. The fourth-order valence-corrected chi connectivity index (χ4v) is 2.05. The topological polar surface area (TPSA) is 83.8 Å². The van der Waals surface area contributed by atoms with Crippen LogP contribution < -0.4 is 5.73 Å². The molecule has 0 saturated carbocycles. The SMILES string of the molecule is CC(N)(C#N)CCN1CCn2c(nnc2C(F)(F)F)C1. The number of halogens is 3. The Hall–Kier alpha value is -1.66. The number of nitrogens with two attached hydrogens (primary N) is 1. The Morgan fingerprint density at radius 1 is 1.35 bits per heavy atom. The minimum Gasteiger partial charge on any atom is -0.314 e. The lowest BCUT2D eigenvalue weighted by Crippen LogP contribution is -2.41. The molecule has 2 rings (SSSR count). The molecule has 0 spiro atoms. The summed E-state index contributed by atoms with van der Waals surface area (Å²) in [7, 11) is 0. The second-order valence-corrected chi connectivity index (χ2v) is 5.14. The number of aromatic nitrogens is 3. The molecule has 0 saturated heterocycles. The summed E-state index contributed by atoms with van der Waals surface area (Å²) in [6.07, 6.45) is -4.03. The van der Waals surface area contributed by atoms with Gasteiger partial charge in [0, 0.05) is 19.6 Å². The van der Waals surface area contributed by atoms with Crippen molar-refractivity contribution in [1.82, 2.24) is 19.7 Å². The average Bonchev–Trinajstić information content (AvgIpc) is 2.79.